The molecule has 0 aromatic rings. The van der Waals surface area contributed by atoms with Crippen LogP contribution in [0.25, 0.3) is 0 Å². The highest BCUT2D eigenvalue weighted by Crippen LogP contribution is 2.01. The number of unbranched alkanes of at least 4 members (excludes halogenated alkanes) is 2. The van der Waals surface area contributed by atoms with Gasteiger partial charge in [0.05, 0.1) is 13.2 Å². The van der Waals surface area contributed by atoms with Crippen LogP contribution in [0.2, 0.25) is 0 Å². The molecule has 0 aliphatic carbocycles. The SMILES string of the molecule is CN(C)CCC[CH]CN1CCOCC1. The molecular weight excluding hydrogens is 176 g/mol. The van der Waals surface area contributed by atoms with Crippen LogP contribution < -0.4 is 0 Å². The minimum absolute atomic E-state index is 0.908. The maximum atomic E-state index is 5.30. The molecule has 1 aliphatic heterocycles. The molecule has 0 aromatic carbocycles. The third-order valence-electron chi connectivity index (χ3n) is 2.50. The van der Waals surface area contributed by atoms with Crippen molar-refractivity contribution in [3.63, 3.8) is 0 Å². The molecule has 0 amide bonds. The van der Waals surface area contributed by atoms with Crippen molar-refractivity contribution < 1.29 is 4.74 Å². The first-order valence-corrected chi connectivity index (χ1v) is 5.55. The van der Waals surface area contributed by atoms with Crippen LogP contribution in [0.3, 0.4) is 0 Å². The lowest BCUT2D eigenvalue weighted by atomic mass is 10.2. The lowest BCUT2D eigenvalue weighted by Gasteiger charge is -2.26. The second kappa shape index (κ2) is 7.21. The molecule has 0 spiro atoms. The van der Waals surface area contributed by atoms with Gasteiger partial charge in [0.15, 0.2) is 0 Å². The number of ether oxygens (including phenoxy) is 1. The molecule has 0 bridgehead atoms. The van der Waals surface area contributed by atoms with E-state index in [1.807, 2.05) is 0 Å². The van der Waals surface area contributed by atoms with E-state index in [0.717, 1.165) is 32.8 Å². The molecular formula is C11H23N2O. The first-order chi connectivity index (χ1) is 6.79. The van der Waals surface area contributed by atoms with E-state index < -0.39 is 0 Å². The van der Waals surface area contributed by atoms with E-state index in [-0.39, 0.29) is 0 Å². The zero-order valence-corrected chi connectivity index (χ0v) is 9.54. The summed E-state index contributed by atoms with van der Waals surface area (Å²) in [5.41, 5.74) is 0. The highest BCUT2D eigenvalue weighted by Gasteiger charge is 2.08. The summed E-state index contributed by atoms with van der Waals surface area (Å²) < 4.78 is 5.30. The molecule has 0 N–H and O–H groups in total. The van der Waals surface area contributed by atoms with Crippen LogP contribution >= 0.6 is 0 Å². The first-order valence-electron chi connectivity index (χ1n) is 5.55. The molecule has 0 unspecified atom stereocenters. The monoisotopic (exact) mass is 199 g/mol. The van der Waals surface area contributed by atoms with Crippen molar-refractivity contribution in [3.8, 4) is 0 Å². The number of morpholine rings is 1. The van der Waals surface area contributed by atoms with Crippen molar-refractivity contribution in [2.75, 3.05) is 53.5 Å². The predicted octanol–water partition coefficient (Wildman–Crippen LogP) is 0.865. The topological polar surface area (TPSA) is 15.7 Å². The number of nitrogens with zero attached hydrogens (tertiary/aromatic N) is 2. The van der Waals surface area contributed by atoms with Crippen molar-refractivity contribution in [3.05, 3.63) is 6.42 Å². The Hall–Kier alpha value is -0.120. The Kier molecular flexibility index (Phi) is 6.15. The second-order valence-corrected chi connectivity index (χ2v) is 4.15. The van der Waals surface area contributed by atoms with E-state index in [1.54, 1.807) is 0 Å². The predicted molar refractivity (Wildman–Crippen MR) is 59.3 cm³/mol. The molecule has 3 nitrogen and oxygen atoms in total. The summed E-state index contributed by atoms with van der Waals surface area (Å²) in [7, 11) is 4.25. The van der Waals surface area contributed by atoms with Crippen LogP contribution in [0.1, 0.15) is 12.8 Å². The van der Waals surface area contributed by atoms with Gasteiger partial charge >= 0.3 is 0 Å². The third kappa shape index (κ3) is 5.58. The molecule has 1 saturated heterocycles. The molecule has 1 radical (unpaired) electrons. The van der Waals surface area contributed by atoms with E-state index in [9.17, 15) is 0 Å². The van der Waals surface area contributed by atoms with Crippen LogP contribution in [-0.2, 0) is 4.74 Å². The molecule has 1 aliphatic rings. The molecule has 14 heavy (non-hydrogen) atoms. The van der Waals surface area contributed by atoms with E-state index in [2.05, 4.69) is 30.3 Å². The highest BCUT2D eigenvalue weighted by atomic mass is 16.5. The van der Waals surface area contributed by atoms with Gasteiger partial charge in [0.25, 0.3) is 0 Å². The third-order valence-corrected chi connectivity index (χ3v) is 2.50. The summed E-state index contributed by atoms with van der Waals surface area (Å²) in [6, 6.07) is 0. The lowest BCUT2D eigenvalue weighted by molar-refractivity contribution is 0.0415. The van der Waals surface area contributed by atoms with Crippen LogP contribution in [-0.4, -0.2) is 63.3 Å². The molecule has 0 atom stereocenters. The molecule has 1 fully saturated rings. The van der Waals surface area contributed by atoms with Gasteiger partial charge in [0, 0.05) is 19.6 Å². The van der Waals surface area contributed by atoms with E-state index in [4.69, 9.17) is 4.74 Å². The maximum absolute atomic E-state index is 5.30. The highest BCUT2D eigenvalue weighted by molar-refractivity contribution is 4.73. The van der Waals surface area contributed by atoms with Gasteiger partial charge in [-0.15, -0.1) is 0 Å². The largest absolute Gasteiger partial charge is 0.379 e. The fourth-order valence-corrected chi connectivity index (χ4v) is 1.61. The van der Waals surface area contributed by atoms with Crippen LogP contribution in [0.4, 0.5) is 0 Å². The first kappa shape index (κ1) is 12.0. The molecule has 0 aromatic heterocycles. The summed E-state index contributed by atoms with van der Waals surface area (Å²) >= 11 is 0. The smallest absolute Gasteiger partial charge is 0.0594 e. The molecule has 3 heteroatoms. The summed E-state index contributed by atoms with van der Waals surface area (Å²) in [5.74, 6) is 0. The molecule has 83 valence electrons. The zero-order valence-electron chi connectivity index (χ0n) is 9.54. The van der Waals surface area contributed by atoms with Crippen LogP contribution in [0.15, 0.2) is 0 Å². The van der Waals surface area contributed by atoms with Crippen molar-refractivity contribution in [1.82, 2.24) is 9.80 Å². The minimum Gasteiger partial charge on any atom is -0.379 e. The van der Waals surface area contributed by atoms with Gasteiger partial charge in [-0.2, -0.15) is 0 Å². The summed E-state index contributed by atoms with van der Waals surface area (Å²) in [5, 5.41) is 0. The zero-order chi connectivity index (χ0) is 10.2. The quantitative estimate of drug-likeness (QED) is 0.590. The Labute approximate surface area is 88.0 Å². The van der Waals surface area contributed by atoms with Gasteiger partial charge < -0.3 is 9.64 Å². The Morgan fingerprint density at radius 1 is 1.29 bits per heavy atom. The fourth-order valence-electron chi connectivity index (χ4n) is 1.61. The average Bonchev–Trinajstić information content (AvgIpc) is 2.18. The van der Waals surface area contributed by atoms with Gasteiger partial charge in [0.1, 0.15) is 0 Å². The van der Waals surface area contributed by atoms with Gasteiger partial charge in [0.2, 0.25) is 0 Å². The average molecular weight is 199 g/mol. The Morgan fingerprint density at radius 2 is 2.00 bits per heavy atom. The second-order valence-electron chi connectivity index (χ2n) is 4.15. The Morgan fingerprint density at radius 3 is 2.64 bits per heavy atom. The van der Waals surface area contributed by atoms with E-state index >= 15 is 0 Å². The van der Waals surface area contributed by atoms with Gasteiger partial charge in [-0.3, -0.25) is 4.90 Å². The number of hydrogen-bond acceptors (Lipinski definition) is 3. The Bertz CT molecular complexity index is 133. The lowest BCUT2D eigenvalue weighted by Crippen LogP contribution is -2.37. The fraction of sp³-hybridized carbons (Fsp3) is 0.909. The number of hydrogen-bond donors (Lipinski definition) is 0. The van der Waals surface area contributed by atoms with Gasteiger partial charge in [-0.1, -0.05) is 0 Å². The van der Waals surface area contributed by atoms with Crippen molar-refractivity contribution in [2.24, 2.45) is 0 Å². The van der Waals surface area contributed by atoms with Crippen LogP contribution in [0.5, 0.6) is 0 Å². The van der Waals surface area contributed by atoms with Crippen LogP contribution in [0, 0.1) is 6.42 Å². The molecule has 1 rings (SSSR count). The summed E-state index contributed by atoms with van der Waals surface area (Å²) in [6.07, 6.45) is 4.90. The molecule has 0 saturated carbocycles. The molecule has 1 heterocycles. The number of rotatable bonds is 6. The Balaban J connectivity index is 1.87. The van der Waals surface area contributed by atoms with Gasteiger partial charge in [-0.05, 0) is 39.9 Å². The normalized spacial score (nSPS) is 19.1. The maximum Gasteiger partial charge on any atom is 0.0594 e. The van der Waals surface area contributed by atoms with Crippen molar-refractivity contribution in [1.29, 1.82) is 0 Å². The van der Waals surface area contributed by atoms with Crippen molar-refractivity contribution in [2.45, 2.75) is 12.8 Å². The standard InChI is InChI=1S/C11H23N2O/c1-12(2)6-4-3-5-7-13-8-10-14-11-9-13/h5H,3-4,6-11H2,1-2H3. The minimum atomic E-state index is 0.908. The summed E-state index contributed by atoms with van der Waals surface area (Å²) in [6.45, 7) is 6.35. The van der Waals surface area contributed by atoms with E-state index in [0.29, 0.717) is 0 Å². The summed E-state index contributed by atoms with van der Waals surface area (Å²) in [4.78, 5) is 4.70. The van der Waals surface area contributed by atoms with E-state index in [1.165, 1.54) is 19.4 Å². The van der Waals surface area contributed by atoms with Crippen molar-refractivity contribution >= 4 is 0 Å². The van der Waals surface area contributed by atoms with Gasteiger partial charge in [-0.25, -0.2) is 0 Å².